The minimum atomic E-state index is -1.16. The van der Waals surface area contributed by atoms with E-state index in [9.17, 15) is 14.4 Å². The van der Waals surface area contributed by atoms with Crippen LogP contribution in [0.5, 0.6) is 5.75 Å². The molecule has 3 amide bonds. The van der Waals surface area contributed by atoms with Crippen LogP contribution in [0.3, 0.4) is 0 Å². The molecular weight excluding hydrogens is 356 g/mol. The van der Waals surface area contributed by atoms with Crippen LogP contribution in [0, 0.1) is 20.8 Å². The predicted molar refractivity (Wildman–Crippen MR) is 105 cm³/mol. The first kappa shape index (κ1) is 19.6. The van der Waals surface area contributed by atoms with Gasteiger partial charge in [-0.1, -0.05) is 55.0 Å². The molecule has 1 aliphatic heterocycles. The highest BCUT2D eigenvalue weighted by Gasteiger charge is 2.51. The Kier molecular flexibility index (Phi) is 5.23. The van der Waals surface area contributed by atoms with Gasteiger partial charge in [0, 0.05) is 0 Å². The molecule has 146 valence electrons. The van der Waals surface area contributed by atoms with Crippen LogP contribution in [0.1, 0.15) is 35.6 Å². The van der Waals surface area contributed by atoms with Crippen molar-refractivity contribution in [2.24, 2.45) is 0 Å². The Labute approximate surface area is 164 Å². The van der Waals surface area contributed by atoms with E-state index in [-0.39, 0.29) is 0 Å². The van der Waals surface area contributed by atoms with Crippen molar-refractivity contribution < 1.29 is 19.1 Å². The number of rotatable bonds is 5. The number of esters is 1. The van der Waals surface area contributed by atoms with Gasteiger partial charge in [0.2, 0.25) is 0 Å². The highest BCUT2D eigenvalue weighted by molar-refractivity contribution is 6.09. The molecule has 0 spiro atoms. The molecule has 28 heavy (non-hydrogen) atoms. The van der Waals surface area contributed by atoms with E-state index >= 15 is 0 Å². The molecule has 0 bridgehead atoms. The van der Waals surface area contributed by atoms with Gasteiger partial charge in [-0.15, -0.1) is 0 Å². The molecule has 0 aliphatic carbocycles. The summed E-state index contributed by atoms with van der Waals surface area (Å²) in [4.78, 5) is 39.0. The van der Waals surface area contributed by atoms with E-state index in [1.54, 1.807) is 12.1 Å². The first-order chi connectivity index (χ1) is 13.3. The van der Waals surface area contributed by atoms with Gasteiger partial charge in [-0.2, -0.15) is 0 Å². The summed E-state index contributed by atoms with van der Waals surface area (Å²) in [6, 6.07) is 12.3. The zero-order valence-corrected chi connectivity index (χ0v) is 16.5. The Morgan fingerprint density at radius 3 is 2.25 bits per heavy atom. The molecule has 2 aromatic carbocycles. The van der Waals surface area contributed by atoms with Crippen LogP contribution >= 0.6 is 0 Å². The number of benzene rings is 2. The van der Waals surface area contributed by atoms with Crippen LogP contribution in [0.15, 0.2) is 42.5 Å². The van der Waals surface area contributed by atoms with Crippen LogP contribution in [0.4, 0.5) is 4.79 Å². The Hall–Kier alpha value is -3.15. The molecule has 0 aromatic heterocycles. The highest BCUT2D eigenvalue weighted by atomic mass is 16.5. The molecule has 1 N–H and O–H groups in total. The van der Waals surface area contributed by atoms with Crippen LogP contribution < -0.4 is 10.1 Å². The molecule has 0 radical (unpaired) electrons. The van der Waals surface area contributed by atoms with Crippen molar-refractivity contribution in [3.63, 3.8) is 0 Å². The van der Waals surface area contributed by atoms with E-state index in [4.69, 9.17) is 4.74 Å². The smallest absolute Gasteiger partial charge is 0.331 e. The largest absolute Gasteiger partial charge is 0.425 e. The van der Waals surface area contributed by atoms with Crippen molar-refractivity contribution in [2.45, 2.75) is 39.7 Å². The molecule has 1 heterocycles. The fourth-order valence-electron chi connectivity index (χ4n) is 3.73. The fraction of sp³-hybridized carbons (Fsp3) is 0.318. The van der Waals surface area contributed by atoms with E-state index in [0.717, 1.165) is 21.6 Å². The van der Waals surface area contributed by atoms with Gasteiger partial charge in [0.05, 0.1) is 0 Å². The second kappa shape index (κ2) is 7.46. The molecule has 1 saturated heterocycles. The average Bonchev–Trinajstić information content (AvgIpc) is 2.90. The van der Waals surface area contributed by atoms with E-state index < -0.39 is 30.0 Å². The van der Waals surface area contributed by atoms with Gasteiger partial charge >= 0.3 is 12.0 Å². The summed E-state index contributed by atoms with van der Waals surface area (Å²) in [5.41, 5.74) is 2.26. The summed E-state index contributed by atoms with van der Waals surface area (Å²) >= 11 is 0. The third-order valence-electron chi connectivity index (χ3n) is 5.08. The quantitative estimate of drug-likeness (QED) is 0.490. The second-order valence-corrected chi connectivity index (χ2v) is 7.15. The summed E-state index contributed by atoms with van der Waals surface area (Å²) in [5, 5.41) is 2.76. The first-order valence-electron chi connectivity index (χ1n) is 9.26. The van der Waals surface area contributed by atoms with E-state index in [1.165, 1.54) is 0 Å². The summed E-state index contributed by atoms with van der Waals surface area (Å²) in [5.74, 6) is -0.633. The molecular formula is C22H24N2O4. The molecule has 1 atom stereocenters. The van der Waals surface area contributed by atoms with Crippen molar-refractivity contribution in [3.05, 3.63) is 64.7 Å². The minimum absolute atomic E-state index is 0.378. The molecule has 0 saturated carbocycles. The Bertz CT molecular complexity index is 916. The fourth-order valence-corrected chi connectivity index (χ4v) is 3.73. The lowest BCUT2D eigenvalue weighted by Gasteiger charge is -2.25. The number of aryl methyl sites for hydroxylation is 3. The van der Waals surface area contributed by atoms with Crippen molar-refractivity contribution in [1.82, 2.24) is 10.2 Å². The molecule has 1 aliphatic rings. The zero-order chi connectivity index (χ0) is 20.5. The highest BCUT2D eigenvalue weighted by Crippen LogP contribution is 2.32. The summed E-state index contributed by atoms with van der Waals surface area (Å²) < 4.78 is 5.48. The van der Waals surface area contributed by atoms with Gasteiger partial charge < -0.3 is 10.1 Å². The maximum absolute atomic E-state index is 13.1. The van der Waals surface area contributed by atoms with E-state index in [2.05, 4.69) is 5.32 Å². The number of carbonyl (C=O) groups excluding carboxylic acids is 3. The first-order valence-corrected chi connectivity index (χ1v) is 9.26. The third-order valence-corrected chi connectivity index (χ3v) is 5.08. The standard InChI is InChI=1S/C22H24N2O4/c1-5-22(17-9-7-6-8-10-17)20(26)24(21(27)23-22)13-18(25)28-19-15(3)11-14(2)12-16(19)4/h6-12H,5,13H2,1-4H3,(H,23,27). The maximum atomic E-state index is 13.1. The lowest BCUT2D eigenvalue weighted by molar-refractivity contribution is -0.141. The van der Waals surface area contributed by atoms with Crippen molar-refractivity contribution in [3.8, 4) is 5.75 Å². The van der Waals surface area contributed by atoms with Gasteiger partial charge in [-0.25, -0.2) is 9.59 Å². The molecule has 1 fully saturated rings. The number of nitrogens with zero attached hydrogens (tertiary/aromatic N) is 1. The number of urea groups is 1. The monoisotopic (exact) mass is 380 g/mol. The summed E-state index contributed by atoms with van der Waals surface area (Å²) in [6.45, 7) is 7.06. The third kappa shape index (κ3) is 3.38. The number of carbonyl (C=O) groups is 3. The number of nitrogens with one attached hydrogen (secondary N) is 1. The van der Waals surface area contributed by atoms with Gasteiger partial charge in [0.15, 0.2) is 0 Å². The Morgan fingerprint density at radius 2 is 1.68 bits per heavy atom. The SMILES string of the molecule is CCC1(c2ccccc2)NC(=O)N(CC(=O)Oc2c(C)cc(C)cc2C)C1=O. The zero-order valence-electron chi connectivity index (χ0n) is 16.5. The number of hydrogen-bond donors (Lipinski definition) is 1. The van der Waals surface area contributed by atoms with Crippen molar-refractivity contribution in [1.29, 1.82) is 0 Å². The summed E-state index contributed by atoms with van der Waals surface area (Å²) in [6.07, 6.45) is 0.378. The van der Waals surface area contributed by atoms with Crippen molar-refractivity contribution >= 4 is 17.9 Å². The number of hydrogen-bond acceptors (Lipinski definition) is 4. The maximum Gasteiger partial charge on any atom is 0.331 e. The predicted octanol–water partition coefficient (Wildman–Crippen LogP) is 3.37. The minimum Gasteiger partial charge on any atom is -0.425 e. The molecule has 2 aromatic rings. The molecule has 6 heteroatoms. The molecule has 1 unspecified atom stereocenters. The summed E-state index contributed by atoms with van der Waals surface area (Å²) in [7, 11) is 0. The normalized spacial score (nSPS) is 18.9. The van der Waals surface area contributed by atoms with Crippen LogP contribution in [-0.2, 0) is 15.1 Å². The van der Waals surface area contributed by atoms with Crippen LogP contribution in [-0.4, -0.2) is 29.4 Å². The lowest BCUT2D eigenvalue weighted by atomic mass is 9.87. The molecule has 6 nitrogen and oxygen atoms in total. The van der Waals surface area contributed by atoms with E-state index in [0.29, 0.717) is 17.7 Å². The Balaban J connectivity index is 1.80. The van der Waals surface area contributed by atoms with Gasteiger partial charge in [0.25, 0.3) is 5.91 Å². The van der Waals surface area contributed by atoms with Crippen molar-refractivity contribution in [2.75, 3.05) is 6.54 Å². The van der Waals surface area contributed by atoms with Crippen LogP contribution in [0.2, 0.25) is 0 Å². The number of ether oxygens (including phenoxy) is 1. The Morgan fingerprint density at radius 1 is 1.07 bits per heavy atom. The number of imide groups is 1. The molecule has 3 rings (SSSR count). The van der Waals surface area contributed by atoms with E-state index in [1.807, 2.05) is 58.0 Å². The van der Waals surface area contributed by atoms with Gasteiger partial charge in [0.1, 0.15) is 17.8 Å². The van der Waals surface area contributed by atoms with Gasteiger partial charge in [-0.05, 0) is 43.9 Å². The lowest BCUT2D eigenvalue weighted by Crippen LogP contribution is -2.44. The van der Waals surface area contributed by atoms with Gasteiger partial charge in [-0.3, -0.25) is 9.69 Å². The topological polar surface area (TPSA) is 75.7 Å². The second-order valence-electron chi connectivity index (χ2n) is 7.15. The van der Waals surface area contributed by atoms with Crippen LogP contribution in [0.25, 0.3) is 0 Å². The number of amides is 3. The average molecular weight is 380 g/mol.